The lowest BCUT2D eigenvalue weighted by Gasteiger charge is -2.11. The molecule has 0 radical (unpaired) electrons. The second-order valence-electron chi connectivity index (χ2n) is 4.41. The minimum atomic E-state index is -0.164. The highest BCUT2D eigenvalue weighted by molar-refractivity contribution is 9.10. The van der Waals surface area contributed by atoms with Crippen molar-refractivity contribution in [2.24, 2.45) is 0 Å². The van der Waals surface area contributed by atoms with E-state index < -0.39 is 0 Å². The van der Waals surface area contributed by atoms with Crippen molar-refractivity contribution < 1.29 is 4.39 Å². The molecule has 0 atom stereocenters. The monoisotopic (exact) mass is 307 g/mol. The van der Waals surface area contributed by atoms with Crippen molar-refractivity contribution >= 4 is 21.6 Å². The molecule has 2 rings (SSSR count). The van der Waals surface area contributed by atoms with Crippen LogP contribution in [0.3, 0.4) is 0 Å². The fourth-order valence-electron chi connectivity index (χ4n) is 1.85. The Kier molecular flexibility index (Phi) is 4.02. The van der Waals surface area contributed by atoms with Crippen LogP contribution in [-0.2, 0) is 6.54 Å². The van der Waals surface area contributed by atoms with E-state index in [0.717, 1.165) is 21.3 Å². The van der Waals surface area contributed by atoms with E-state index in [1.807, 2.05) is 38.1 Å². The summed E-state index contributed by atoms with van der Waals surface area (Å²) in [6, 6.07) is 11.2. The second-order valence-corrected chi connectivity index (χ2v) is 5.32. The van der Waals surface area contributed by atoms with Gasteiger partial charge in [0.1, 0.15) is 5.82 Å². The van der Waals surface area contributed by atoms with E-state index in [1.165, 1.54) is 6.07 Å². The van der Waals surface area contributed by atoms with Crippen LogP contribution in [0.1, 0.15) is 16.7 Å². The van der Waals surface area contributed by atoms with Gasteiger partial charge in [0.05, 0.1) is 0 Å². The standard InChI is InChI=1S/C15H15BrFN/c1-10-3-5-14(17)12(7-10)9-18-15-6-4-13(16)8-11(15)2/h3-8,18H,9H2,1-2H3. The molecule has 0 spiro atoms. The van der Waals surface area contributed by atoms with Gasteiger partial charge in [-0.1, -0.05) is 33.6 Å². The summed E-state index contributed by atoms with van der Waals surface area (Å²) >= 11 is 3.43. The molecule has 18 heavy (non-hydrogen) atoms. The van der Waals surface area contributed by atoms with Gasteiger partial charge in [0.25, 0.3) is 0 Å². The first-order valence-corrected chi connectivity index (χ1v) is 6.60. The molecule has 1 N–H and O–H groups in total. The maximum Gasteiger partial charge on any atom is 0.128 e. The molecular weight excluding hydrogens is 293 g/mol. The van der Waals surface area contributed by atoms with Crippen LogP contribution in [-0.4, -0.2) is 0 Å². The Hall–Kier alpha value is -1.35. The molecule has 2 aromatic rings. The van der Waals surface area contributed by atoms with Crippen LogP contribution in [0.2, 0.25) is 0 Å². The highest BCUT2D eigenvalue weighted by Crippen LogP contribution is 2.21. The van der Waals surface area contributed by atoms with Crippen molar-refractivity contribution in [2.75, 3.05) is 5.32 Å². The van der Waals surface area contributed by atoms with Gasteiger partial charge in [-0.3, -0.25) is 0 Å². The van der Waals surface area contributed by atoms with Crippen molar-refractivity contribution in [3.8, 4) is 0 Å². The molecule has 0 saturated carbocycles. The number of halogens is 2. The number of rotatable bonds is 3. The third kappa shape index (κ3) is 3.10. The molecular formula is C15H15BrFN. The van der Waals surface area contributed by atoms with E-state index in [1.54, 1.807) is 6.07 Å². The Bertz CT molecular complexity index is 566. The second kappa shape index (κ2) is 5.53. The minimum Gasteiger partial charge on any atom is -0.381 e. The number of hydrogen-bond acceptors (Lipinski definition) is 1. The maximum absolute atomic E-state index is 13.6. The maximum atomic E-state index is 13.6. The van der Waals surface area contributed by atoms with Crippen LogP contribution in [0.25, 0.3) is 0 Å². The Morgan fingerprint density at radius 3 is 2.61 bits per heavy atom. The first kappa shape index (κ1) is 13.1. The zero-order valence-corrected chi connectivity index (χ0v) is 12.0. The van der Waals surface area contributed by atoms with E-state index >= 15 is 0 Å². The summed E-state index contributed by atoms with van der Waals surface area (Å²) in [5.41, 5.74) is 3.93. The number of anilines is 1. The molecule has 0 heterocycles. The summed E-state index contributed by atoms with van der Waals surface area (Å²) in [6.45, 7) is 4.49. The molecule has 94 valence electrons. The normalized spacial score (nSPS) is 10.4. The zero-order chi connectivity index (χ0) is 13.1. The molecule has 0 amide bonds. The number of hydrogen-bond donors (Lipinski definition) is 1. The van der Waals surface area contributed by atoms with Crippen molar-refractivity contribution in [3.05, 3.63) is 63.4 Å². The van der Waals surface area contributed by atoms with Gasteiger partial charge >= 0.3 is 0 Å². The first-order chi connectivity index (χ1) is 8.56. The molecule has 2 aromatic carbocycles. The quantitative estimate of drug-likeness (QED) is 0.857. The van der Waals surface area contributed by atoms with Gasteiger partial charge in [-0.05, 0) is 43.7 Å². The van der Waals surface area contributed by atoms with Gasteiger partial charge in [-0.2, -0.15) is 0 Å². The van der Waals surface area contributed by atoms with E-state index in [4.69, 9.17) is 0 Å². The summed E-state index contributed by atoms with van der Waals surface area (Å²) in [6.07, 6.45) is 0. The van der Waals surface area contributed by atoms with Crippen molar-refractivity contribution in [1.82, 2.24) is 0 Å². The largest absolute Gasteiger partial charge is 0.381 e. The van der Waals surface area contributed by atoms with Crippen LogP contribution in [0.5, 0.6) is 0 Å². The number of nitrogens with one attached hydrogen (secondary N) is 1. The third-order valence-corrected chi connectivity index (χ3v) is 3.35. The van der Waals surface area contributed by atoms with Crippen LogP contribution < -0.4 is 5.32 Å². The lowest BCUT2D eigenvalue weighted by atomic mass is 10.1. The highest BCUT2D eigenvalue weighted by Gasteiger charge is 2.03. The average molecular weight is 308 g/mol. The molecule has 0 saturated heterocycles. The first-order valence-electron chi connectivity index (χ1n) is 5.81. The van der Waals surface area contributed by atoms with Crippen molar-refractivity contribution in [1.29, 1.82) is 0 Å². The van der Waals surface area contributed by atoms with Crippen LogP contribution in [0.4, 0.5) is 10.1 Å². The Labute approximate surface area is 115 Å². The Balaban J connectivity index is 2.13. The van der Waals surface area contributed by atoms with E-state index in [2.05, 4.69) is 21.2 Å². The molecule has 3 heteroatoms. The average Bonchev–Trinajstić information content (AvgIpc) is 2.32. The molecule has 0 fully saturated rings. The molecule has 0 aromatic heterocycles. The van der Waals surface area contributed by atoms with Crippen molar-refractivity contribution in [2.45, 2.75) is 20.4 Å². The van der Waals surface area contributed by atoms with Gasteiger partial charge < -0.3 is 5.32 Å². The smallest absolute Gasteiger partial charge is 0.128 e. The van der Waals surface area contributed by atoms with Crippen LogP contribution in [0, 0.1) is 19.7 Å². The lowest BCUT2D eigenvalue weighted by Crippen LogP contribution is -2.03. The fourth-order valence-corrected chi connectivity index (χ4v) is 2.33. The van der Waals surface area contributed by atoms with Gasteiger partial charge in [0, 0.05) is 22.3 Å². The number of aryl methyl sites for hydroxylation is 2. The SMILES string of the molecule is Cc1ccc(F)c(CNc2ccc(Br)cc2C)c1. The van der Waals surface area contributed by atoms with Crippen LogP contribution >= 0.6 is 15.9 Å². The van der Waals surface area contributed by atoms with E-state index in [0.29, 0.717) is 12.1 Å². The molecule has 0 aliphatic heterocycles. The number of benzene rings is 2. The zero-order valence-electron chi connectivity index (χ0n) is 10.4. The Morgan fingerprint density at radius 2 is 1.89 bits per heavy atom. The summed E-state index contributed by atoms with van der Waals surface area (Å²) < 4.78 is 14.6. The summed E-state index contributed by atoms with van der Waals surface area (Å²) in [5, 5.41) is 3.26. The summed E-state index contributed by atoms with van der Waals surface area (Å²) in [7, 11) is 0. The van der Waals surface area contributed by atoms with E-state index in [9.17, 15) is 4.39 Å². The van der Waals surface area contributed by atoms with Crippen LogP contribution in [0.15, 0.2) is 40.9 Å². The van der Waals surface area contributed by atoms with Gasteiger partial charge in [0.15, 0.2) is 0 Å². The molecule has 1 nitrogen and oxygen atoms in total. The highest BCUT2D eigenvalue weighted by atomic mass is 79.9. The fraction of sp³-hybridized carbons (Fsp3) is 0.200. The van der Waals surface area contributed by atoms with E-state index in [-0.39, 0.29) is 5.82 Å². The minimum absolute atomic E-state index is 0.164. The molecule has 0 bridgehead atoms. The molecule has 0 unspecified atom stereocenters. The Morgan fingerprint density at radius 1 is 1.11 bits per heavy atom. The third-order valence-electron chi connectivity index (χ3n) is 2.86. The topological polar surface area (TPSA) is 12.0 Å². The van der Waals surface area contributed by atoms with Crippen molar-refractivity contribution in [3.63, 3.8) is 0 Å². The lowest BCUT2D eigenvalue weighted by molar-refractivity contribution is 0.612. The molecule has 0 aliphatic carbocycles. The summed E-state index contributed by atoms with van der Waals surface area (Å²) in [5.74, 6) is -0.164. The predicted molar refractivity (Wildman–Crippen MR) is 77.3 cm³/mol. The van der Waals surface area contributed by atoms with Gasteiger partial charge in [-0.25, -0.2) is 4.39 Å². The predicted octanol–water partition coefficient (Wildman–Crippen LogP) is 4.82. The molecule has 0 aliphatic rings. The summed E-state index contributed by atoms with van der Waals surface area (Å²) in [4.78, 5) is 0. The van der Waals surface area contributed by atoms with Gasteiger partial charge in [0.2, 0.25) is 0 Å². The van der Waals surface area contributed by atoms with Gasteiger partial charge in [-0.15, -0.1) is 0 Å².